The Morgan fingerprint density at radius 3 is 0.676 bits per heavy atom. The molecule has 0 amide bonds. The van der Waals surface area contributed by atoms with E-state index in [1.807, 2.05) is 0 Å². The molecule has 0 fully saturated rings. The number of hydrogen-bond donors (Lipinski definition) is 0. The molecule has 0 unspecified atom stereocenters. The summed E-state index contributed by atoms with van der Waals surface area (Å²) in [7, 11) is -1.97. The van der Waals surface area contributed by atoms with Crippen molar-refractivity contribution in [1.82, 2.24) is 0 Å². The van der Waals surface area contributed by atoms with Crippen LogP contribution in [0.2, 0.25) is 0 Å². The number of hydrogen-bond acceptors (Lipinski definition) is 3. The predicted octanol–water partition coefficient (Wildman–Crippen LogP) is 11.3. The highest BCUT2D eigenvalue weighted by Crippen LogP contribution is 2.13. The van der Waals surface area contributed by atoms with Crippen LogP contribution < -0.4 is 0 Å². The monoisotopic (exact) mass is 543 g/mol. The minimum absolute atomic E-state index is 0.822. The highest BCUT2D eigenvalue weighted by atomic mass is 28.3. The Hall–Kier alpha value is 0.0969. The molecule has 0 spiro atoms. The molecule has 0 aromatic rings. The molecule has 0 aromatic carbocycles. The summed E-state index contributed by atoms with van der Waals surface area (Å²) < 4.78 is 18.5. The minimum Gasteiger partial charge on any atom is -0.376 e. The van der Waals surface area contributed by atoms with Crippen LogP contribution in [-0.2, 0) is 13.3 Å². The standard InChI is InChI=1S/C33H70O3Si/c1-4-7-10-13-16-19-22-25-28-31-34-37(35-32-29-26-23-20-17-14-11-8-5-2)36-33-30-27-24-21-18-15-12-9-6-3/h37H,4-33H2,1-3H3. The maximum absolute atomic E-state index is 6.16. The lowest BCUT2D eigenvalue weighted by molar-refractivity contribution is 0.0885. The quantitative estimate of drug-likeness (QED) is 0.0609. The van der Waals surface area contributed by atoms with Gasteiger partial charge in [-0.05, 0) is 19.3 Å². The van der Waals surface area contributed by atoms with Crippen molar-refractivity contribution in [3.05, 3.63) is 0 Å². The molecule has 0 aliphatic rings. The number of unbranched alkanes of at least 4 members (excludes halogenated alkanes) is 24. The normalized spacial score (nSPS) is 11.7. The molecule has 0 saturated carbocycles. The summed E-state index contributed by atoms with van der Waals surface area (Å²) in [4.78, 5) is 0. The molecule has 0 heterocycles. The van der Waals surface area contributed by atoms with Crippen molar-refractivity contribution < 1.29 is 13.3 Å². The van der Waals surface area contributed by atoms with Crippen LogP contribution in [0.15, 0.2) is 0 Å². The van der Waals surface area contributed by atoms with E-state index in [1.54, 1.807) is 0 Å². The molecule has 0 aliphatic heterocycles. The molecule has 0 aromatic heterocycles. The van der Waals surface area contributed by atoms with Crippen LogP contribution in [0, 0.1) is 0 Å². The first kappa shape index (κ1) is 37.1. The van der Waals surface area contributed by atoms with Crippen LogP contribution in [0.25, 0.3) is 0 Å². The average molecular weight is 543 g/mol. The van der Waals surface area contributed by atoms with Gasteiger partial charge in [-0.2, -0.15) is 0 Å². The Morgan fingerprint density at radius 1 is 0.270 bits per heavy atom. The molecule has 0 N–H and O–H groups in total. The van der Waals surface area contributed by atoms with E-state index in [1.165, 1.54) is 154 Å². The summed E-state index contributed by atoms with van der Waals surface area (Å²) in [5.74, 6) is 0. The van der Waals surface area contributed by atoms with Gasteiger partial charge in [0.15, 0.2) is 0 Å². The Balaban J connectivity index is 3.87. The molecule has 4 heteroatoms. The maximum atomic E-state index is 6.16. The molecule has 3 nitrogen and oxygen atoms in total. The van der Waals surface area contributed by atoms with Gasteiger partial charge in [0.1, 0.15) is 0 Å². The van der Waals surface area contributed by atoms with Gasteiger partial charge in [0.05, 0.1) is 0 Å². The fourth-order valence-corrected chi connectivity index (χ4v) is 6.29. The summed E-state index contributed by atoms with van der Waals surface area (Å²) in [5, 5.41) is 0. The van der Waals surface area contributed by atoms with E-state index in [0.29, 0.717) is 0 Å². The van der Waals surface area contributed by atoms with Crippen LogP contribution >= 0.6 is 0 Å². The fourth-order valence-electron chi connectivity index (χ4n) is 4.92. The Labute approximate surface area is 236 Å². The highest BCUT2D eigenvalue weighted by Gasteiger charge is 2.15. The van der Waals surface area contributed by atoms with Crippen molar-refractivity contribution in [2.75, 3.05) is 19.8 Å². The lowest BCUT2D eigenvalue weighted by Gasteiger charge is -2.17. The van der Waals surface area contributed by atoms with Crippen molar-refractivity contribution in [2.45, 2.75) is 194 Å². The molecule has 0 atom stereocenters. The van der Waals surface area contributed by atoms with Gasteiger partial charge in [-0.3, -0.25) is 0 Å². The molecule has 224 valence electrons. The van der Waals surface area contributed by atoms with Gasteiger partial charge in [0.2, 0.25) is 0 Å². The fraction of sp³-hybridized carbons (Fsp3) is 1.00. The van der Waals surface area contributed by atoms with Gasteiger partial charge in [-0.15, -0.1) is 0 Å². The van der Waals surface area contributed by atoms with Gasteiger partial charge in [0, 0.05) is 19.8 Å². The second-order valence-corrected chi connectivity index (χ2v) is 13.0. The minimum atomic E-state index is -1.97. The van der Waals surface area contributed by atoms with Crippen molar-refractivity contribution in [1.29, 1.82) is 0 Å². The molecule has 0 aliphatic carbocycles. The van der Waals surface area contributed by atoms with Crippen LogP contribution in [0.1, 0.15) is 194 Å². The van der Waals surface area contributed by atoms with E-state index >= 15 is 0 Å². The van der Waals surface area contributed by atoms with E-state index in [0.717, 1.165) is 39.1 Å². The van der Waals surface area contributed by atoms with Gasteiger partial charge in [-0.1, -0.05) is 175 Å². The molecule has 0 rings (SSSR count). The molecular weight excluding hydrogens is 472 g/mol. The summed E-state index contributed by atoms with van der Waals surface area (Å²) in [6.45, 7) is 9.33. The molecule has 0 saturated heterocycles. The largest absolute Gasteiger partial charge is 0.484 e. The van der Waals surface area contributed by atoms with Gasteiger partial charge >= 0.3 is 9.53 Å². The van der Waals surface area contributed by atoms with Crippen LogP contribution in [0.3, 0.4) is 0 Å². The second kappa shape index (κ2) is 34.1. The first-order valence-electron chi connectivity index (χ1n) is 17.2. The zero-order valence-corrected chi connectivity index (χ0v) is 27.2. The van der Waals surface area contributed by atoms with Crippen molar-refractivity contribution in [3.8, 4) is 0 Å². The summed E-state index contributed by atoms with van der Waals surface area (Å²) in [6.07, 6.45) is 36.4. The first-order chi connectivity index (χ1) is 18.3. The van der Waals surface area contributed by atoms with Crippen LogP contribution in [-0.4, -0.2) is 29.3 Å². The number of rotatable bonds is 33. The molecule has 37 heavy (non-hydrogen) atoms. The van der Waals surface area contributed by atoms with E-state index < -0.39 is 9.53 Å². The van der Waals surface area contributed by atoms with Crippen LogP contribution in [0.5, 0.6) is 0 Å². The highest BCUT2D eigenvalue weighted by molar-refractivity contribution is 6.36. The zero-order chi connectivity index (χ0) is 26.9. The zero-order valence-electron chi connectivity index (χ0n) is 26.0. The Morgan fingerprint density at radius 2 is 0.459 bits per heavy atom. The van der Waals surface area contributed by atoms with Gasteiger partial charge in [-0.25, -0.2) is 0 Å². The molecule has 0 radical (unpaired) electrons. The van der Waals surface area contributed by atoms with Crippen molar-refractivity contribution >= 4 is 9.53 Å². The van der Waals surface area contributed by atoms with E-state index in [9.17, 15) is 0 Å². The smallest absolute Gasteiger partial charge is 0.376 e. The van der Waals surface area contributed by atoms with Gasteiger partial charge < -0.3 is 13.3 Å². The Kier molecular flexibility index (Phi) is 34.2. The van der Waals surface area contributed by atoms with Crippen molar-refractivity contribution in [2.24, 2.45) is 0 Å². The lowest BCUT2D eigenvalue weighted by atomic mass is 10.1. The average Bonchev–Trinajstić information content (AvgIpc) is 2.91. The van der Waals surface area contributed by atoms with E-state index in [4.69, 9.17) is 13.3 Å². The first-order valence-corrected chi connectivity index (χ1v) is 18.6. The third kappa shape index (κ3) is 32.2. The SMILES string of the molecule is CCCCCCCCCCCO[SiH](OCCCCCCCCCCC)OCCCCCCCCCCC. The second-order valence-electron chi connectivity index (χ2n) is 11.4. The third-order valence-corrected chi connectivity index (χ3v) is 9.03. The lowest BCUT2D eigenvalue weighted by Crippen LogP contribution is -2.28. The summed E-state index contributed by atoms with van der Waals surface area (Å²) >= 11 is 0. The summed E-state index contributed by atoms with van der Waals surface area (Å²) in [6, 6.07) is 0. The predicted molar refractivity (Wildman–Crippen MR) is 167 cm³/mol. The molecule has 0 bridgehead atoms. The van der Waals surface area contributed by atoms with E-state index in [-0.39, 0.29) is 0 Å². The maximum Gasteiger partial charge on any atom is 0.484 e. The summed E-state index contributed by atoms with van der Waals surface area (Å²) in [5.41, 5.74) is 0. The third-order valence-electron chi connectivity index (χ3n) is 7.51. The molecular formula is C33H70O3Si. The Bertz CT molecular complexity index is 337. The van der Waals surface area contributed by atoms with Crippen LogP contribution in [0.4, 0.5) is 0 Å². The topological polar surface area (TPSA) is 27.7 Å². The van der Waals surface area contributed by atoms with Crippen molar-refractivity contribution in [3.63, 3.8) is 0 Å². The van der Waals surface area contributed by atoms with E-state index in [2.05, 4.69) is 20.8 Å². The van der Waals surface area contributed by atoms with Gasteiger partial charge in [0.25, 0.3) is 0 Å².